The average Bonchev–Trinajstić information content (AvgIpc) is 2.71. The maximum Gasteiger partial charge on any atom is 0.00889 e. The Morgan fingerprint density at radius 1 is 1.54 bits per heavy atom. The van der Waals surface area contributed by atoms with Gasteiger partial charge in [-0.05, 0) is 36.9 Å². The molecule has 1 saturated heterocycles. The Morgan fingerprint density at radius 3 is 3.15 bits per heavy atom. The molecule has 13 heavy (non-hydrogen) atoms. The number of hydrogen-bond acceptors (Lipinski definition) is 3. The van der Waals surface area contributed by atoms with E-state index in [9.17, 15) is 0 Å². The topological polar surface area (TPSA) is 38.0 Å². The molecule has 0 aromatic carbocycles. The van der Waals surface area contributed by atoms with Gasteiger partial charge in [0.1, 0.15) is 0 Å². The van der Waals surface area contributed by atoms with Crippen LogP contribution in [0, 0.1) is 5.92 Å². The first-order chi connectivity index (χ1) is 6.40. The van der Waals surface area contributed by atoms with E-state index in [0.29, 0.717) is 11.8 Å². The molecule has 3 N–H and O–H groups in total. The minimum absolute atomic E-state index is 0.667. The van der Waals surface area contributed by atoms with Gasteiger partial charge >= 0.3 is 0 Å². The van der Waals surface area contributed by atoms with E-state index in [4.69, 9.17) is 5.73 Å². The Balaban J connectivity index is 2.00. The van der Waals surface area contributed by atoms with Gasteiger partial charge in [0.2, 0.25) is 0 Å². The maximum absolute atomic E-state index is 5.68. The van der Waals surface area contributed by atoms with Crippen LogP contribution in [0.3, 0.4) is 0 Å². The highest BCUT2D eigenvalue weighted by atomic mass is 32.1. The molecule has 1 fully saturated rings. The molecule has 1 aliphatic heterocycles. The lowest BCUT2D eigenvalue weighted by molar-refractivity contribution is 0.351. The van der Waals surface area contributed by atoms with Crippen molar-refractivity contribution in [3.05, 3.63) is 22.4 Å². The second-order valence-electron chi connectivity index (χ2n) is 3.71. The molecule has 0 amide bonds. The molecule has 1 aromatic rings. The lowest BCUT2D eigenvalue weighted by atomic mass is 9.89. The Hall–Kier alpha value is -0.380. The monoisotopic (exact) mass is 196 g/mol. The van der Waals surface area contributed by atoms with Crippen LogP contribution in [0.1, 0.15) is 17.2 Å². The van der Waals surface area contributed by atoms with Gasteiger partial charge in [-0.25, -0.2) is 0 Å². The van der Waals surface area contributed by atoms with E-state index in [0.717, 1.165) is 19.6 Å². The summed E-state index contributed by atoms with van der Waals surface area (Å²) in [5.41, 5.74) is 5.68. The quantitative estimate of drug-likeness (QED) is 0.750. The minimum Gasteiger partial charge on any atom is -0.330 e. The van der Waals surface area contributed by atoms with Crippen LogP contribution in [-0.4, -0.2) is 19.6 Å². The van der Waals surface area contributed by atoms with Crippen LogP contribution in [-0.2, 0) is 0 Å². The summed E-state index contributed by atoms with van der Waals surface area (Å²) in [6.07, 6.45) is 1.25. The zero-order valence-corrected chi connectivity index (χ0v) is 8.52. The van der Waals surface area contributed by atoms with E-state index in [1.54, 1.807) is 0 Å². The summed E-state index contributed by atoms with van der Waals surface area (Å²) >= 11 is 1.86. The van der Waals surface area contributed by atoms with Crippen LogP contribution in [0.4, 0.5) is 0 Å². The standard InChI is InChI=1S/C10H16N2S/c11-5-8-4-9(7-12-6-8)10-2-1-3-13-10/h1-3,8-9,12H,4-7,11H2. The molecule has 72 valence electrons. The molecule has 2 unspecified atom stereocenters. The van der Waals surface area contributed by atoms with Crippen molar-refractivity contribution < 1.29 is 0 Å². The average molecular weight is 196 g/mol. The predicted octanol–water partition coefficient (Wildman–Crippen LogP) is 1.40. The number of thiophene rings is 1. The third kappa shape index (κ3) is 2.10. The number of nitrogens with two attached hydrogens (primary N) is 1. The highest BCUT2D eigenvalue weighted by Crippen LogP contribution is 2.28. The van der Waals surface area contributed by atoms with E-state index in [1.807, 2.05) is 11.3 Å². The van der Waals surface area contributed by atoms with Crippen molar-refractivity contribution in [2.45, 2.75) is 12.3 Å². The number of nitrogens with one attached hydrogen (secondary N) is 1. The number of piperidine rings is 1. The fourth-order valence-electron chi connectivity index (χ4n) is 1.95. The van der Waals surface area contributed by atoms with E-state index in [1.165, 1.54) is 11.3 Å². The first-order valence-corrected chi connectivity index (χ1v) is 5.72. The number of hydrogen-bond donors (Lipinski definition) is 2. The van der Waals surface area contributed by atoms with Crippen LogP contribution < -0.4 is 11.1 Å². The largest absolute Gasteiger partial charge is 0.330 e. The molecule has 0 radical (unpaired) electrons. The second kappa shape index (κ2) is 4.22. The lowest BCUT2D eigenvalue weighted by Gasteiger charge is -2.28. The highest BCUT2D eigenvalue weighted by Gasteiger charge is 2.22. The molecule has 1 aromatic heterocycles. The summed E-state index contributed by atoms with van der Waals surface area (Å²) < 4.78 is 0. The van der Waals surface area contributed by atoms with Gasteiger partial charge in [0.25, 0.3) is 0 Å². The van der Waals surface area contributed by atoms with Crippen molar-refractivity contribution in [1.29, 1.82) is 0 Å². The Bertz CT molecular complexity index is 245. The molecular formula is C10H16N2S. The zero-order valence-electron chi connectivity index (χ0n) is 7.70. The van der Waals surface area contributed by atoms with E-state index in [2.05, 4.69) is 22.8 Å². The van der Waals surface area contributed by atoms with Crippen LogP contribution in [0.25, 0.3) is 0 Å². The second-order valence-corrected chi connectivity index (χ2v) is 4.69. The van der Waals surface area contributed by atoms with Crippen molar-refractivity contribution in [2.24, 2.45) is 11.7 Å². The van der Waals surface area contributed by atoms with E-state index < -0.39 is 0 Å². The van der Waals surface area contributed by atoms with Gasteiger partial charge in [-0.3, -0.25) is 0 Å². The molecule has 0 aliphatic carbocycles. The molecule has 3 heteroatoms. The Morgan fingerprint density at radius 2 is 2.46 bits per heavy atom. The summed E-state index contributed by atoms with van der Waals surface area (Å²) in [6, 6.07) is 4.36. The van der Waals surface area contributed by atoms with Gasteiger partial charge in [-0.2, -0.15) is 0 Å². The summed E-state index contributed by atoms with van der Waals surface area (Å²) in [5, 5.41) is 5.60. The third-order valence-electron chi connectivity index (χ3n) is 2.72. The molecule has 2 heterocycles. The third-order valence-corrected chi connectivity index (χ3v) is 3.76. The van der Waals surface area contributed by atoms with Crippen LogP contribution in [0.2, 0.25) is 0 Å². The van der Waals surface area contributed by atoms with Crippen molar-refractivity contribution in [1.82, 2.24) is 5.32 Å². The van der Waals surface area contributed by atoms with Gasteiger partial charge in [-0.1, -0.05) is 6.07 Å². The fourth-order valence-corrected chi connectivity index (χ4v) is 2.79. The molecule has 0 saturated carbocycles. The van der Waals surface area contributed by atoms with Gasteiger partial charge in [0, 0.05) is 17.3 Å². The predicted molar refractivity (Wildman–Crippen MR) is 57.1 cm³/mol. The molecule has 0 bridgehead atoms. The van der Waals surface area contributed by atoms with Gasteiger partial charge < -0.3 is 11.1 Å². The summed E-state index contributed by atoms with van der Waals surface area (Å²) in [4.78, 5) is 1.51. The molecule has 1 aliphatic rings. The maximum atomic E-state index is 5.68. The van der Waals surface area contributed by atoms with Crippen molar-refractivity contribution in [2.75, 3.05) is 19.6 Å². The van der Waals surface area contributed by atoms with Crippen LogP contribution in [0.15, 0.2) is 17.5 Å². The molecule has 2 atom stereocenters. The van der Waals surface area contributed by atoms with E-state index in [-0.39, 0.29) is 0 Å². The molecule has 2 nitrogen and oxygen atoms in total. The summed E-state index contributed by atoms with van der Waals surface area (Å²) in [5.74, 6) is 1.36. The van der Waals surface area contributed by atoms with Gasteiger partial charge in [-0.15, -0.1) is 11.3 Å². The van der Waals surface area contributed by atoms with Crippen molar-refractivity contribution in [3.8, 4) is 0 Å². The number of rotatable bonds is 2. The zero-order chi connectivity index (χ0) is 9.10. The molecular weight excluding hydrogens is 180 g/mol. The van der Waals surface area contributed by atoms with Crippen LogP contribution in [0.5, 0.6) is 0 Å². The smallest absolute Gasteiger partial charge is 0.00889 e. The SMILES string of the molecule is NCC1CNCC(c2cccs2)C1. The Labute approximate surface area is 83.1 Å². The highest BCUT2D eigenvalue weighted by molar-refractivity contribution is 7.10. The summed E-state index contributed by atoms with van der Waals surface area (Å²) in [6.45, 7) is 3.03. The van der Waals surface area contributed by atoms with Gasteiger partial charge in [0.15, 0.2) is 0 Å². The Kier molecular flexibility index (Phi) is 2.98. The van der Waals surface area contributed by atoms with Crippen molar-refractivity contribution >= 4 is 11.3 Å². The fraction of sp³-hybridized carbons (Fsp3) is 0.600. The lowest BCUT2D eigenvalue weighted by Crippen LogP contribution is -2.38. The first kappa shape index (κ1) is 9.19. The van der Waals surface area contributed by atoms with Crippen LogP contribution >= 0.6 is 11.3 Å². The first-order valence-electron chi connectivity index (χ1n) is 4.84. The molecule has 2 rings (SSSR count). The molecule has 0 spiro atoms. The van der Waals surface area contributed by atoms with E-state index >= 15 is 0 Å². The normalized spacial score (nSPS) is 29.0. The minimum atomic E-state index is 0.667. The van der Waals surface area contributed by atoms with Crippen molar-refractivity contribution in [3.63, 3.8) is 0 Å². The van der Waals surface area contributed by atoms with Gasteiger partial charge in [0.05, 0.1) is 0 Å². The summed E-state index contributed by atoms with van der Waals surface area (Å²) in [7, 11) is 0.